The molecule has 0 saturated carbocycles. The fourth-order valence-electron chi connectivity index (χ4n) is 6.98. The van der Waals surface area contributed by atoms with Crippen molar-refractivity contribution in [2.75, 3.05) is 29.5 Å². The second-order valence-electron chi connectivity index (χ2n) is 13.9. The highest BCUT2D eigenvalue weighted by molar-refractivity contribution is 7.86. The minimum absolute atomic E-state index is 0.0904. The van der Waals surface area contributed by atoms with E-state index in [1.165, 1.54) is 30.3 Å². The molecule has 2 atom stereocenters. The van der Waals surface area contributed by atoms with Gasteiger partial charge in [-0.3, -0.25) is 23.0 Å². The maximum absolute atomic E-state index is 12.2. The molecular formula is C36H45N2O14S4+. The molecule has 5 N–H and O–H groups in total. The van der Waals surface area contributed by atoms with Gasteiger partial charge in [0.05, 0.1) is 33.1 Å². The summed E-state index contributed by atoms with van der Waals surface area (Å²) in [4.78, 5) is 13.4. The molecule has 0 bridgehead atoms. The number of fused-ring (bicyclic) bond motifs is 2. The summed E-state index contributed by atoms with van der Waals surface area (Å²) in [5.41, 5.74) is 2.79. The van der Waals surface area contributed by atoms with Gasteiger partial charge in [-0.15, -0.1) is 0 Å². The van der Waals surface area contributed by atoms with E-state index in [1.54, 1.807) is 54.9 Å². The van der Waals surface area contributed by atoms with E-state index < -0.39 is 74.7 Å². The molecule has 2 aliphatic heterocycles. The van der Waals surface area contributed by atoms with Gasteiger partial charge in [0.25, 0.3) is 40.5 Å². The molecule has 0 amide bonds. The highest BCUT2D eigenvalue weighted by atomic mass is 32.2. The van der Waals surface area contributed by atoms with Gasteiger partial charge >= 0.3 is 5.97 Å². The van der Waals surface area contributed by atoms with Crippen LogP contribution in [0.2, 0.25) is 0 Å². The van der Waals surface area contributed by atoms with Crippen molar-refractivity contribution >= 4 is 63.5 Å². The van der Waals surface area contributed by atoms with Gasteiger partial charge in [-0.05, 0) is 75.1 Å². The van der Waals surface area contributed by atoms with E-state index in [1.807, 2.05) is 17.9 Å². The SMILES string of the molecule is CC(/C=C/C=C1\C(C)c2cc(S(=O)(=O)O)ccc2N1CCCCS(=O)(=O)O)=C\C=C\C1=[N+](CCCCS(=O)(=O)O)c2ccc(S(=O)(=O)O)cc2C1(C)CC(=O)O. The summed E-state index contributed by atoms with van der Waals surface area (Å²) in [5.74, 6) is -2.40. The Kier molecular flexibility index (Phi) is 13.7. The molecule has 2 heterocycles. The van der Waals surface area contributed by atoms with Crippen LogP contribution in [0, 0.1) is 0 Å². The van der Waals surface area contributed by atoms with Gasteiger partial charge in [0.15, 0.2) is 5.71 Å². The molecular weight excluding hydrogens is 813 g/mol. The van der Waals surface area contributed by atoms with E-state index >= 15 is 0 Å². The number of hydrogen-bond donors (Lipinski definition) is 5. The normalized spacial score (nSPS) is 20.1. The number of allylic oxidation sites excluding steroid dienone is 8. The predicted octanol–water partition coefficient (Wildman–Crippen LogP) is 4.91. The van der Waals surface area contributed by atoms with Crippen molar-refractivity contribution in [1.29, 1.82) is 0 Å². The molecule has 20 heteroatoms. The molecule has 0 saturated heterocycles. The highest BCUT2D eigenvalue weighted by Crippen LogP contribution is 2.45. The van der Waals surface area contributed by atoms with Gasteiger partial charge in [-0.1, -0.05) is 36.8 Å². The summed E-state index contributed by atoms with van der Waals surface area (Å²) < 4.78 is 132. The number of rotatable bonds is 18. The Morgan fingerprint density at radius 3 is 2.02 bits per heavy atom. The van der Waals surface area contributed by atoms with Gasteiger partial charge in [0, 0.05) is 48.0 Å². The number of unbranched alkanes of at least 4 members (excludes halogenated alkanes) is 2. The van der Waals surface area contributed by atoms with Crippen LogP contribution in [0.1, 0.15) is 69.9 Å². The van der Waals surface area contributed by atoms with Crippen LogP contribution in [0.4, 0.5) is 11.4 Å². The number of nitrogens with zero attached hydrogens (tertiary/aromatic N) is 2. The van der Waals surface area contributed by atoms with E-state index in [4.69, 9.17) is 4.55 Å². The zero-order valence-electron chi connectivity index (χ0n) is 30.8. The fraction of sp³-hybridized carbons (Fsp3) is 0.389. The summed E-state index contributed by atoms with van der Waals surface area (Å²) in [6.07, 6.45) is 10.9. The number of benzene rings is 2. The summed E-state index contributed by atoms with van der Waals surface area (Å²) in [6.45, 7) is 5.82. The van der Waals surface area contributed by atoms with Crippen LogP contribution in [-0.2, 0) is 50.7 Å². The smallest absolute Gasteiger partial charge is 0.304 e. The van der Waals surface area contributed by atoms with Gasteiger partial charge in [-0.2, -0.15) is 38.2 Å². The van der Waals surface area contributed by atoms with Crippen molar-refractivity contribution in [1.82, 2.24) is 0 Å². The number of carbonyl (C=O) groups is 1. The first-order chi connectivity index (χ1) is 25.8. The van der Waals surface area contributed by atoms with Crippen molar-refractivity contribution in [2.45, 2.75) is 74.0 Å². The number of carboxylic acid groups (broad SMARTS) is 1. The molecule has 0 aliphatic carbocycles. The minimum Gasteiger partial charge on any atom is -0.481 e. The van der Waals surface area contributed by atoms with E-state index in [0.717, 1.165) is 11.3 Å². The zero-order chi connectivity index (χ0) is 41.9. The summed E-state index contributed by atoms with van der Waals surface area (Å²) >= 11 is 0. The lowest BCUT2D eigenvalue weighted by atomic mass is 9.76. The van der Waals surface area contributed by atoms with Crippen LogP contribution in [0.15, 0.2) is 93.9 Å². The van der Waals surface area contributed by atoms with E-state index in [0.29, 0.717) is 41.2 Å². The minimum atomic E-state index is -4.64. The summed E-state index contributed by atoms with van der Waals surface area (Å²) in [5, 5.41) is 9.92. The van der Waals surface area contributed by atoms with Crippen LogP contribution in [0.5, 0.6) is 0 Å². The lowest BCUT2D eigenvalue weighted by molar-refractivity contribution is -0.438. The molecule has 2 aromatic carbocycles. The van der Waals surface area contributed by atoms with E-state index in [2.05, 4.69) is 0 Å². The third-order valence-corrected chi connectivity index (χ3v) is 12.9. The second kappa shape index (κ2) is 17.2. The molecule has 2 unspecified atom stereocenters. The van der Waals surface area contributed by atoms with E-state index in [9.17, 15) is 57.2 Å². The summed E-state index contributed by atoms with van der Waals surface area (Å²) in [6, 6.07) is 8.09. The first-order valence-electron chi connectivity index (χ1n) is 17.3. The molecule has 2 aliphatic rings. The molecule has 56 heavy (non-hydrogen) atoms. The van der Waals surface area contributed by atoms with Crippen molar-refractivity contribution in [3.8, 4) is 0 Å². The predicted molar refractivity (Wildman–Crippen MR) is 209 cm³/mol. The highest BCUT2D eigenvalue weighted by Gasteiger charge is 2.49. The number of carboxylic acids is 1. The van der Waals surface area contributed by atoms with Gasteiger partial charge in [0.1, 0.15) is 6.54 Å². The van der Waals surface area contributed by atoms with Gasteiger partial charge < -0.3 is 10.0 Å². The zero-order valence-corrected chi connectivity index (χ0v) is 34.1. The molecule has 2 aromatic rings. The van der Waals surface area contributed by atoms with Crippen LogP contribution in [0.3, 0.4) is 0 Å². The molecule has 0 spiro atoms. The molecule has 0 aromatic heterocycles. The molecule has 306 valence electrons. The first kappa shape index (κ1) is 44.7. The third kappa shape index (κ3) is 11.3. The van der Waals surface area contributed by atoms with Crippen molar-refractivity contribution in [3.05, 3.63) is 95.3 Å². The van der Waals surface area contributed by atoms with Crippen molar-refractivity contribution < 1.29 is 66.4 Å². The average Bonchev–Trinajstić information content (AvgIpc) is 3.45. The average molecular weight is 858 g/mol. The van der Waals surface area contributed by atoms with Gasteiger partial charge in [-0.25, -0.2) is 0 Å². The number of aliphatic carboxylic acids is 1. The van der Waals surface area contributed by atoms with Crippen LogP contribution in [0.25, 0.3) is 0 Å². The topological polar surface area (TPSA) is 261 Å². The quantitative estimate of drug-likeness (QED) is 0.0577. The van der Waals surface area contributed by atoms with Gasteiger partial charge in [0.2, 0.25) is 5.69 Å². The first-order valence-corrected chi connectivity index (χ1v) is 23.4. The lowest BCUT2D eigenvalue weighted by Gasteiger charge is -2.22. The Labute approximate surface area is 327 Å². The number of hydrogen-bond acceptors (Lipinski definition) is 10. The van der Waals surface area contributed by atoms with Crippen LogP contribution in [-0.4, -0.2) is 97.8 Å². The molecule has 0 fully saturated rings. The Morgan fingerprint density at radius 1 is 0.839 bits per heavy atom. The molecule has 16 nitrogen and oxygen atoms in total. The third-order valence-electron chi connectivity index (χ3n) is 9.63. The van der Waals surface area contributed by atoms with Crippen molar-refractivity contribution in [3.63, 3.8) is 0 Å². The standard InChI is InChI=1S/C36H44N2O14S4/c1-25(10-8-12-31-26(2)29-22-27(55(47,48)49)14-16-32(29)37(31)18-4-6-20-53(41,42)43)11-9-13-34-36(3,24-35(39)40)30-23-28(56(50,51)52)15-17-33(30)38(34)19-5-7-21-54(44,45)46/h8-17,22-23,26H,4-7,18-21,24H2,1-3H3,(H4-,39,40,41,42,43,44,45,46,47,48,49,50,51,52)/p+1. The monoisotopic (exact) mass is 857 g/mol. The largest absolute Gasteiger partial charge is 0.481 e. The van der Waals surface area contributed by atoms with E-state index in [-0.39, 0.29) is 36.6 Å². The molecule has 4 rings (SSSR count). The summed E-state index contributed by atoms with van der Waals surface area (Å²) in [7, 11) is -17.5. The maximum Gasteiger partial charge on any atom is 0.304 e. The Bertz CT molecular complexity index is 2490. The van der Waals surface area contributed by atoms with Crippen molar-refractivity contribution in [2.24, 2.45) is 0 Å². The Morgan fingerprint density at radius 2 is 1.43 bits per heavy atom. The maximum atomic E-state index is 12.2. The Balaban J connectivity index is 1.67. The lowest BCUT2D eigenvalue weighted by Crippen LogP contribution is -2.34. The molecule has 0 radical (unpaired) electrons. The Hall–Kier alpha value is -4.02. The van der Waals surface area contributed by atoms with Crippen LogP contribution < -0.4 is 4.90 Å². The van der Waals surface area contributed by atoms with Crippen LogP contribution >= 0.6 is 0 Å². The second-order valence-corrected chi connectivity index (χ2v) is 19.9. The fourth-order valence-corrected chi connectivity index (χ4v) is 9.14. The number of anilines is 1.